The van der Waals surface area contributed by atoms with E-state index in [1.54, 1.807) is 0 Å². The molecule has 0 saturated heterocycles. The summed E-state index contributed by atoms with van der Waals surface area (Å²) in [5.74, 6) is -0.203. The number of amides is 1. The average molecular weight is 215 g/mol. The van der Waals surface area contributed by atoms with E-state index in [4.69, 9.17) is 17.3 Å². The standard InChI is InChI=1S/C9H12ClN3O/c1-5(2)13-9(14)6-4-12-8(10)3-7(6)11/h3-5H,1-2H3,(H2,11,12)(H,13,14)/p+1. The van der Waals surface area contributed by atoms with Crippen molar-refractivity contribution >= 4 is 23.2 Å². The van der Waals surface area contributed by atoms with Gasteiger partial charge >= 0.3 is 0 Å². The molecule has 0 bridgehead atoms. The molecule has 4 nitrogen and oxygen atoms in total. The molecule has 1 aromatic heterocycles. The van der Waals surface area contributed by atoms with Crippen molar-refractivity contribution in [1.29, 1.82) is 0 Å². The van der Waals surface area contributed by atoms with Crippen LogP contribution >= 0.6 is 11.6 Å². The molecular formula is C9H13ClN3O+. The van der Waals surface area contributed by atoms with Crippen LogP contribution in [0.15, 0.2) is 12.3 Å². The van der Waals surface area contributed by atoms with Gasteiger partial charge in [0.05, 0.1) is 5.69 Å². The second-order valence-corrected chi connectivity index (χ2v) is 3.69. The van der Waals surface area contributed by atoms with Crippen molar-refractivity contribution in [3.05, 3.63) is 23.0 Å². The molecule has 0 aliphatic rings. The van der Waals surface area contributed by atoms with Gasteiger partial charge in [-0.2, -0.15) is 0 Å². The van der Waals surface area contributed by atoms with Crippen LogP contribution in [-0.2, 0) is 0 Å². The van der Waals surface area contributed by atoms with Crippen LogP contribution in [-0.4, -0.2) is 11.9 Å². The van der Waals surface area contributed by atoms with E-state index in [0.717, 1.165) is 0 Å². The summed E-state index contributed by atoms with van der Waals surface area (Å²) in [6.45, 7) is 3.77. The highest BCUT2D eigenvalue weighted by molar-refractivity contribution is 6.28. The Balaban J connectivity index is 2.90. The number of hydrogen-bond donors (Lipinski definition) is 2. The lowest BCUT2D eigenvalue weighted by Crippen LogP contribution is -2.31. The fourth-order valence-corrected chi connectivity index (χ4v) is 1.19. The highest BCUT2D eigenvalue weighted by atomic mass is 35.5. The Bertz CT molecular complexity index is 352. The number of aromatic amines is 1. The van der Waals surface area contributed by atoms with Crippen molar-refractivity contribution in [2.24, 2.45) is 0 Å². The van der Waals surface area contributed by atoms with E-state index in [2.05, 4.69) is 10.3 Å². The van der Waals surface area contributed by atoms with Gasteiger partial charge in [0.15, 0.2) is 6.20 Å². The molecule has 0 radical (unpaired) electrons. The number of aromatic nitrogens is 1. The zero-order valence-corrected chi connectivity index (χ0v) is 8.85. The highest BCUT2D eigenvalue weighted by Crippen LogP contribution is 2.12. The monoisotopic (exact) mass is 214 g/mol. The number of nitrogens with one attached hydrogen (secondary N) is 2. The zero-order valence-electron chi connectivity index (χ0n) is 8.10. The second-order valence-electron chi connectivity index (χ2n) is 3.28. The summed E-state index contributed by atoms with van der Waals surface area (Å²) in [4.78, 5) is 14.3. The summed E-state index contributed by atoms with van der Waals surface area (Å²) in [7, 11) is 0. The van der Waals surface area contributed by atoms with Crippen molar-refractivity contribution in [3.8, 4) is 0 Å². The first-order chi connectivity index (χ1) is 6.50. The van der Waals surface area contributed by atoms with Crippen LogP contribution in [0.25, 0.3) is 0 Å². The van der Waals surface area contributed by atoms with Gasteiger partial charge < -0.3 is 11.1 Å². The second kappa shape index (κ2) is 4.28. The molecule has 0 unspecified atom stereocenters. The fourth-order valence-electron chi connectivity index (χ4n) is 1.02. The maximum Gasteiger partial charge on any atom is 0.275 e. The Hall–Kier alpha value is -1.29. The lowest BCUT2D eigenvalue weighted by atomic mass is 10.2. The smallest absolute Gasteiger partial charge is 0.275 e. The van der Waals surface area contributed by atoms with Gasteiger partial charge in [-0.25, -0.2) is 4.98 Å². The van der Waals surface area contributed by atoms with Gasteiger partial charge in [-0.3, -0.25) is 4.79 Å². The molecule has 1 rings (SSSR count). The third-order valence-electron chi connectivity index (χ3n) is 1.61. The number of rotatable bonds is 2. The van der Waals surface area contributed by atoms with Crippen LogP contribution in [0.5, 0.6) is 0 Å². The SMILES string of the molecule is CC(C)NC(=O)c1c[nH+]c(Cl)cc1N. The molecule has 0 aliphatic carbocycles. The van der Waals surface area contributed by atoms with Gasteiger partial charge in [-0.05, 0) is 25.4 Å². The Labute approximate surface area is 87.5 Å². The topological polar surface area (TPSA) is 69.3 Å². The Morgan fingerprint density at radius 1 is 1.64 bits per heavy atom. The molecule has 0 saturated carbocycles. The molecule has 1 heterocycles. The maximum absolute atomic E-state index is 11.5. The van der Waals surface area contributed by atoms with Crippen LogP contribution in [0.3, 0.4) is 0 Å². The van der Waals surface area contributed by atoms with E-state index >= 15 is 0 Å². The van der Waals surface area contributed by atoms with Crippen LogP contribution in [0.1, 0.15) is 24.2 Å². The van der Waals surface area contributed by atoms with E-state index in [1.807, 2.05) is 13.8 Å². The first kappa shape index (κ1) is 10.8. The first-order valence-corrected chi connectivity index (χ1v) is 4.66. The van der Waals surface area contributed by atoms with E-state index in [1.165, 1.54) is 12.3 Å². The van der Waals surface area contributed by atoms with E-state index in [-0.39, 0.29) is 11.9 Å². The van der Waals surface area contributed by atoms with Crippen LogP contribution < -0.4 is 16.0 Å². The summed E-state index contributed by atoms with van der Waals surface area (Å²) in [5, 5.41) is 3.14. The van der Waals surface area contributed by atoms with Gasteiger partial charge in [-0.1, -0.05) is 0 Å². The number of anilines is 1. The number of carbonyl (C=O) groups is 1. The number of halogens is 1. The molecule has 0 spiro atoms. The molecule has 1 aromatic rings. The number of nitrogen functional groups attached to an aromatic ring is 1. The molecule has 1 amide bonds. The number of H-pyrrole nitrogens is 1. The first-order valence-electron chi connectivity index (χ1n) is 4.28. The number of pyridine rings is 1. The minimum absolute atomic E-state index is 0.0811. The largest absolute Gasteiger partial charge is 0.398 e. The lowest BCUT2D eigenvalue weighted by molar-refractivity contribution is -0.375. The van der Waals surface area contributed by atoms with Crippen LogP contribution in [0, 0.1) is 0 Å². The summed E-state index contributed by atoms with van der Waals surface area (Å²) in [6, 6.07) is 1.59. The third-order valence-corrected chi connectivity index (χ3v) is 1.83. The predicted octanol–water partition coefficient (Wildman–Crippen LogP) is 0.875. The Kier molecular flexibility index (Phi) is 3.30. The van der Waals surface area contributed by atoms with Gasteiger partial charge in [0, 0.05) is 12.1 Å². The molecule has 5 heteroatoms. The summed E-state index contributed by atoms with van der Waals surface area (Å²) < 4.78 is 0. The predicted molar refractivity (Wildman–Crippen MR) is 55.0 cm³/mol. The lowest BCUT2D eigenvalue weighted by Gasteiger charge is -2.07. The van der Waals surface area contributed by atoms with Crippen molar-refractivity contribution < 1.29 is 9.78 Å². The number of carbonyl (C=O) groups excluding carboxylic acids is 1. The van der Waals surface area contributed by atoms with Gasteiger partial charge in [0.25, 0.3) is 11.1 Å². The quantitative estimate of drug-likeness (QED) is 0.718. The molecule has 0 fully saturated rings. The van der Waals surface area contributed by atoms with E-state index < -0.39 is 0 Å². The highest BCUT2D eigenvalue weighted by Gasteiger charge is 2.14. The maximum atomic E-state index is 11.5. The van der Waals surface area contributed by atoms with Crippen LogP contribution in [0.4, 0.5) is 5.69 Å². The molecular weight excluding hydrogens is 202 g/mol. The molecule has 14 heavy (non-hydrogen) atoms. The number of hydrogen-bond acceptors (Lipinski definition) is 2. The summed E-state index contributed by atoms with van der Waals surface area (Å²) in [6.07, 6.45) is 1.50. The average Bonchev–Trinajstić information content (AvgIpc) is 2.01. The number of nitrogens with two attached hydrogens (primary N) is 1. The molecule has 76 valence electrons. The fraction of sp³-hybridized carbons (Fsp3) is 0.333. The van der Waals surface area contributed by atoms with Crippen molar-refractivity contribution in [1.82, 2.24) is 5.32 Å². The van der Waals surface area contributed by atoms with E-state index in [0.29, 0.717) is 16.4 Å². The molecule has 0 atom stereocenters. The third kappa shape index (κ3) is 2.60. The van der Waals surface area contributed by atoms with Gasteiger partial charge in [-0.15, -0.1) is 0 Å². The van der Waals surface area contributed by atoms with Crippen LogP contribution in [0.2, 0.25) is 5.15 Å². The molecule has 0 aromatic carbocycles. The Morgan fingerprint density at radius 2 is 2.29 bits per heavy atom. The minimum atomic E-state index is -0.203. The van der Waals surface area contributed by atoms with E-state index in [9.17, 15) is 4.79 Å². The van der Waals surface area contributed by atoms with Gasteiger partial charge in [0.2, 0.25) is 0 Å². The summed E-state index contributed by atoms with van der Waals surface area (Å²) >= 11 is 5.66. The van der Waals surface area contributed by atoms with Crippen molar-refractivity contribution in [3.63, 3.8) is 0 Å². The minimum Gasteiger partial charge on any atom is -0.398 e. The van der Waals surface area contributed by atoms with Crippen molar-refractivity contribution in [2.75, 3.05) is 5.73 Å². The zero-order chi connectivity index (χ0) is 10.7. The normalized spacial score (nSPS) is 10.3. The molecule has 0 aliphatic heterocycles. The van der Waals surface area contributed by atoms with Crippen molar-refractivity contribution in [2.45, 2.75) is 19.9 Å². The Morgan fingerprint density at radius 3 is 2.79 bits per heavy atom. The van der Waals surface area contributed by atoms with Gasteiger partial charge in [0.1, 0.15) is 5.56 Å². The molecule has 4 N–H and O–H groups in total. The summed E-state index contributed by atoms with van der Waals surface area (Å²) in [5.41, 5.74) is 6.41.